The van der Waals surface area contributed by atoms with Gasteiger partial charge in [-0.15, -0.1) is 0 Å². The summed E-state index contributed by atoms with van der Waals surface area (Å²) in [7, 11) is 0. The van der Waals surface area contributed by atoms with E-state index in [1.54, 1.807) is 23.2 Å². The van der Waals surface area contributed by atoms with E-state index in [1.165, 1.54) is 12.1 Å². The van der Waals surface area contributed by atoms with Crippen LogP contribution in [0.2, 0.25) is 0 Å². The lowest BCUT2D eigenvalue weighted by atomic mass is 10.1. The summed E-state index contributed by atoms with van der Waals surface area (Å²) >= 11 is 0. The van der Waals surface area contributed by atoms with Gasteiger partial charge in [-0.25, -0.2) is 14.4 Å². The Labute approximate surface area is 181 Å². The number of benzene rings is 1. The first kappa shape index (κ1) is 21.2. The average molecular weight is 426 g/mol. The standard InChI is InChI=1S/C23H27FN4O3/c1-16-19(23(30)27-10-2-3-11-27)15-25-22(26-16)20-8-5-12-28(20)21(29)9-13-31-18-7-4-6-17(24)14-18/h4,6-7,14-15,20H,2-3,5,8-13H2,1H3. The molecule has 2 fully saturated rings. The van der Waals surface area contributed by atoms with Crippen LogP contribution in [0.25, 0.3) is 0 Å². The van der Waals surface area contributed by atoms with E-state index in [2.05, 4.69) is 9.97 Å². The summed E-state index contributed by atoms with van der Waals surface area (Å²) in [5.41, 5.74) is 1.18. The number of rotatable bonds is 6. The first-order valence-electron chi connectivity index (χ1n) is 10.8. The highest BCUT2D eigenvalue weighted by Crippen LogP contribution is 2.31. The van der Waals surface area contributed by atoms with Gasteiger partial charge in [-0.3, -0.25) is 9.59 Å². The van der Waals surface area contributed by atoms with Gasteiger partial charge in [0.1, 0.15) is 11.6 Å². The summed E-state index contributed by atoms with van der Waals surface area (Å²) in [5.74, 6) is 0.547. The summed E-state index contributed by atoms with van der Waals surface area (Å²) in [4.78, 5) is 38.1. The smallest absolute Gasteiger partial charge is 0.257 e. The highest BCUT2D eigenvalue weighted by molar-refractivity contribution is 5.95. The van der Waals surface area contributed by atoms with Gasteiger partial charge < -0.3 is 14.5 Å². The zero-order valence-corrected chi connectivity index (χ0v) is 17.7. The van der Waals surface area contributed by atoms with Crippen LogP contribution in [0.3, 0.4) is 0 Å². The molecule has 2 aromatic rings. The molecule has 0 radical (unpaired) electrons. The fourth-order valence-electron chi connectivity index (χ4n) is 4.24. The summed E-state index contributed by atoms with van der Waals surface area (Å²) in [6, 6.07) is 5.68. The maximum atomic E-state index is 13.2. The third-order valence-electron chi connectivity index (χ3n) is 5.87. The van der Waals surface area contributed by atoms with Gasteiger partial charge in [0.2, 0.25) is 5.91 Å². The molecule has 31 heavy (non-hydrogen) atoms. The van der Waals surface area contributed by atoms with Crippen molar-refractivity contribution in [2.24, 2.45) is 0 Å². The first-order valence-corrected chi connectivity index (χ1v) is 10.8. The number of ether oxygens (including phenoxy) is 1. The molecule has 1 aromatic heterocycles. The number of aryl methyl sites for hydroxylation is 1. The number of nitrogens with zero attached hydrogens (tertiary/aromatic N) is 4. The number of aromatic nitrogens is 2. The maximum Gasteiger partial charge on any atom is 0.257 e. The van der Waals surface area contributed by atoms with Gasteiger partial charge in [-0.2, -0.15) is 0 Å². The molecule has 2 amide bonds. The van der Waals surface area contributed by atoms with Crippen molar-refractivity contribution in [2.45, 2.75) is 45.1 Å². The Morgan fingerprint density at radius 2 is 2.00 bits per heavy atom. The molecule has 8 heteroatoms. The van der Waals surface area contributed by atoms with Crippen LogP contribution in [0.15, 0.2) is 30.5 Å². The van der Waals surface area contributed by atoms with E-state index in [9.17, 15) is 14.0 Å². The second-order valence-corrected chi connectivity index (χ2v) is 8.03. The quantitative estimate of drug-likeness (QED) is 0.709. The molecule has 0 saturated carbocycles. The van der Waals surface area contributed by atoms with Crippen molar-refractivity contribution in [3.8, 4) is 5.75 Å². The Morgan fingerprint density at radius 1 is 1.19 bits per heavy atom. The lowest BCUT2D eigenvalue weighted by Gasteiger charge is -2.24. The van der Waals surface area contributed by atoms with Crippen molar-refractivity contribution < 1.29 is 18.7 Å². The molecule has 7 nitrogen and oxygen atoms in total. The van der Waals surface area contributed by atoms with Gasteiger partial charge in [0.15, 0.2) is 5.82 Å². The number of carbonyl (C=O) groups excluding carboxylic acids is 2. The van der Waals surface area contributed by atoms with Gasteiger partial charge in [-0.1, -0.05) is 6.07 Å². The van der Waals surface area contributed by atoms with Crippen molar-refractivity contribution in [2.75, 3.05) is 26.2 Å². The van der Waals surface area contributed by atoms with Crippen LogP contribution >= 0.6 is 0 Å². The number of hydrogen-bond acceptors (Lipinski definition) is 5. The molecule has 2 aliphatic heterocycles. The van der Waals surface area contributed by atoms with Crippen molar-refractivity contribution >= 4 is 11.8 Å². The Bertz CT molecular complexity index is 962. The number of likely N-dealkylation sites (tertiary alicyclic amines) is 2. The minimum Gasteiger partial charge on any atom is -0.493 e. The molecular formula is C23H27FN4O3. The van der Waals surface area contributed by atoms with Crippen LogP contribution in [0.5, 0.6) is 5.75 Å². The fourth-order valence-corrected chi connectivity index (χ4v) is 4.24. The van der Waals surface area contributed by atoms with Crippen LogP contribution in [-0.2, 0) is 4.79 Å². The monoisotopic (exact) mass is 426 g/mol. The highest BCUT2D eigenvalue weighted by Gasteiger charge is 2.32. The zero-order valence-electron chi connectivity index (χ0n) is 17.7. The second-order valence-electron chi connectivity index (χ2n) is 8.03. The van der Waals surface area contributed by atoms with Gasteiger partial charge in [0.05, 0.1) is 30.3 Å². The molecule has 0 aliphatic carbocycles. The Hall–Kier alpha value is -3.03. The van der Waals surface area contributed by atoms with Crippen molar-refractivity contribution in [1.29, 1.82) is 0 Å². The van der Waals surface area contributed by atoms with Crippen molar-refractivity contribution in [3.63, 3.8) is 0 Å². The topological polar surface area (TPSA) is 75.6 Å². The van der Waals surface area contributed by atoms with Crippen LogP contribution < -0.4 is 4.74 Å². The first-order chi connectivity index (χ1) is 15.0. The lowest BCUT2D eigenvalue weighted by Crippen LogP contribution is -2.33. The minimum absolute atomic E-state index is 0.0181. The lowest BCUT2D eigenvalue weighted by molar-refractivity contribution is -0.132. The molecule has 4 rings (SSSR count). The number of carbonyl (C=O) groups is 2. The average Bonchev–Trinajstić information content (AvgIpc) is 3.45. The molecule has 164 valence electrons. The van der Waals surface area contributed by atoms with E-state index < -0.39 is 0 Å². The van der Waals surface area contributed by atoms with E-state index in [0.29, 0.717) is 29.4 Å². The van der Waals surface area contributed by atoms with E-state index in [1.807, 2.05) is 11.8 Å². The van der Waals surface area contributed by atoms with Crippen LogP contribution in [-0.4, -0.2) is 57.8 Å². The highest BCUT2D eigenvalue weighted by atomic mass is 19.1. The summed E-state index contributed by atoms with van der Waals surface area (Å²) in [6.45, 7) is 4.20. The number of hydrogen-bond donors (Lipinski definition) is 0. The predicted octanol–water partition coefficient (Wildman–Crippen LogP) is 3.29. The summed E-state index contributed by atoms with van der Waals surface area (Å²) in [5, 5.41) is 0. The van der Waals surface area contributed by atoms with Gasteiger partial charge >= 0.3 is 0 Å². The number of halogens is 1. The second kappa shape index (κ2) is 9.41. The summed E-state index contributed by atoms with van der Waals surface area (Å²) < 4.78 is 18.8. The third-order valence-corrected chi connectivity index (χ3v) is 5.87. The SMILES string of the molecule is Cc1nc(C2CCCN2C(=O)CCOc2cccc(F)c2)ncc1C(=O)N1CCCC1. The Morgan fingerprint density at radius 3 is 2.74 bits per heavy atom. The number of amides is 2. The Kier molecular flexibility index (Phi) is 6.44. The molecule has 2 aliphatic rings. The van der Waals surface area contributed by atoms with Gasteiger partial charge in [0, 0.05) is 31.9 Å². The van der Waals surface area contributed by atoms with Crippen LogP contribution in [0.1, 0.15) is 60.0 Å². The third kappa shape index (κ3) is 4.84. The van der Waals surface area contributed by atoms with E-state index in [4.69, 9.17) is 4.74 Å². The van der Waals surface area contributed by atoms with E-state index in [-0.39, 0.29) is 36.7 Å². The molecule has 1 atom stereocenters. The summed E-state index contributed by atoms with van der Waals surface area (Å²) in [6.07, 6.45) is 5.52. The molecular weight excluding hydrogens is 399 g/mol. The minimum atomic E-state index is -0.373. The normalized spacial score (nSPS) is 18.5. The van der Waals surface area contributed by atoms with Gasteiger partial charge in [-0.05, 0) is 44.7 Å². The van der Waals surface area contributed by atoms with Crippen LogP contribution in [0, 0.1) is 12.7 Å². The molecule has 1 aromatic carbocycles. The Balaban J connectivity index is 1.38. The largest absolute Gasteiger partial charge is 0.493 e. The molecule has 0 N–H and O–H groups in total. The van der Waals surface area contributed by atoms with Crippen molar-refractivity contribution in [1.82, 2.24) is 19.8 Å². The van der Waals surface area contributed by atoms with Crippen LogP contribution in [0.4, 0.5) is 4.39 Å². The molecule has 2 saturated heterocycles. The maximum absolute atomic E-state index is 13.2. The zero-order chi connectivity index (χ0) is 21.8. The molecule has 1 unspecified atom stereocenters. The van der Waals surface area contributed by atoms with Crippen molar-refractivity contribution in [3.05, 3.63) is 53.4 Å². The van der Waals surface area contributed by atoms with E-state index in [0.717, 1.165) is 38.8 Å². The van der Waals surface area contributed by atoms with Gasteiger partial charge in [0.25, 0.3) is 5.91 Å². The molecule has 3 heterocycles. The predicted molar refractivity (Wildman–Crippen MR) is 112 cm³/mol. The molecule has 0 bridgehead atoms. The molecule has 0 spiro atoms. The van der Waals surface area contributed by atoms with E-state index >= 15 is 0 Å². The fraction of sp³-hybridized carbons (Fsp3) is 0.478.